The summed E-state index contributed by atoms with van der Waals surface area (Å²) >= 11 is 25.4. The number of rotatable bonds is 5. The second-order valence-electron chi connectivity index (χ2n) is 7.73. The maximum Gasteiger partial charge on any atom is 0.0711 e. The zero-order chi connectivity index (χ0) is 24.2. The van der Waals surface area contributed by atoms with Crippen LogP contribution in [0.1, 0.15) is 22.3 Å². The van der Waals surface area contributed by atoms with Gasteiger partial charge in [-0.3, -0.25) is 9.98 Å². The van der Waals surface area contributed by atoms with Gasteiger partial charge in [-0.15, -0.1) is 0 Å². The zero-order valence-corrected chi connectivity index (χ0v) is 21.5. The highest BCUT2D eigenvalue weighted by Gasteiger charge is 2.15. The van der Waals surface area contributed by atoms with Crippen LogP contribution >= 0.6 is 46.4 Å². The molecule has 170 valence electrons. The molecule has 0 bridgehead atoms. The van der Waals surface area contributed by atoms with Gasteiger partial charge in [0, 0.05) is 34.7 Å². The minimum Gasteiger partial charge on any atom is -0.255 e. The lowest BCUT2D eigenvalue weighted by Crippen LogP contribution is -1.91. The third-order valence-electron chi connectivity index (χ3n) is 5.42. The molecule has 4 aromatic carbocycles. The van der Waals surface area contributed by atoms with Crippen LogP contribution in [-0.4, -0.2) is 12.4 Å². The van der Waals surface area contributed by atoms with E-state index in [1.54, 1.807) is 36.7 Å². The summed E-state index contributed by atoms with van der Waals surface area (Å²) in [7, 11) is 0. The van der Waals surface area contributed by atoms with Crippen LogP contribution < -0.4 is 0 Å². The van der Waals surface area contributed by atoms with Crippen LogP contribution in [0.15, 0.2) is 82.8 Å². The maximum atomic E-state index is 6.34. The quantitative estimate of drug-likeness (QED) is 0.231. The highest BCUT2D eigenvalue weighted by molar-refractivity contribution is 6.39. The summed E-state index contributed by atoms with van der Waals surface area (Å²) in [5, 5.41) is 2.18. The summed E-state index contributed by atoms with van der Waals surface area (Å²) in [4.78, 5) is 9.55. The SMILES string of the molecule is Cc1cccc(N=Cc2c(Cl)cccc2Cl)c1-c1c(C)cccc1N=Cc1c(Cl)cccc1Cl. The van der Waals surface area contributed by atoms with Gasteiger partial charge in [0.15, 0.2) is 0 Å². The molecule has 0 aliphatic rings. The summed E-state index contributed by atoms with van der Waals surface area (Å²) in [6, 6.07) is 22.8. The van der Waals surface area contributed by atoms with Gasteiger partial charge < -0.3 is 0 Å². The lowest BCUT2D eigenvalue weighted by atomic mass is 9.93. The van der Waals surface area contributed by atoms with Crippen molar-refractivity contribution in [1.82, 2.24) is 0 Å². The molecule has 0 fully saturated rings. The molecule has 0 saturated carbocycles. The van der Waals surface area contributed by atoms with Crippen LogP contribution in [0.3, 0.4) is 0 Å². The largest absolute Gasteiger partial charge is 0.255 e. The van der Waals surface area contributed by atoms with E-state index in [2.05, 4.69) is 26.0 Å². The van der Waals surface area contributed by atoms with Crippen molar-refractivity contribution in [3.63, 3.8) is 0 Å². The van der Waals surface area contributed by atoms with Gasteiger partial charge in [-0.2, -0.15) is 0 Å². The lowest BCUT2D eigenvalue weighted by molar-refractivity contribution is 1.37. The lowest BCUT2D eigenvalue weighted by Gasteiger charge is -2.15. The third kappa shape index (κ3) is 5.21. The van der Waals surface area contributed by atoms with E-state index in [0.29, 0.717) is 31.2 Å². The molecule has 6 heteroatoms. The molecule has 0 N–H and O–H groups in total. The Kier molecular flexibility index (Phi) is 7.75. The van der Waals surface area contributed by atoms with Crippen molar-refractivity contribution < 1.29 is 0 Å². The summed E-state index contributed by atoms with van der Waals surface area (Å²) in [6.45, 7) is 4.11. The Morgan fingerprint density at radius 3 is 1.18 bits per heavy atom. The first-order valence-electron chi connectivity index (χ1n) is 10.5. The van der Waals surface area contributed by atoms with Crippen LogP contribution in [0.2, 0.25) is 20.1 Å². The van der Waals surface area contributed by atoms with Crippen molar-refractivity contribution in [3.8, 4) is 11.1 Å². The van der Waals surface area contributed by atoms with Crippen LogP contribution in [0.4, 0.5) is 11.4 Å². The molecule has 0 heterocycles. The van der Waals surface area contributed by atoms with E-state index in [9.17, 15) is 0 Å². The predicted molar refractivity (Wildman–Crippen MR) is 149 cm³/mol. The maximum absolute atomic E-state index is 6.34. The molecule has 0 atom stereocenters. The summed E-state index contributed by atoms with van der Waals surface area (Å²) < 4.78 is 0. The van der Waals surface area contributed by atoms with Gasteiger partial charge in [-0.05, 0) is 61.4 Å². The molecule has 2 nitrogen and oxygen atoms in total. The summed E-state index contributed by atoms with van der Waals surface area (Å²) in [6.07, 6.45) is 3.40. The molecule has 0 amide bonds. The Morgan fingerprint density at radius 1 is 0.500 bits per heavy atom. The first-order valence-corrected chi connectivity index (χ1v) is 12.0. The average Bonchev–Trinajstić information content (AvgIpc) is 2.79. The second-order valence-corrected chi connectivity index (χ2v) is 9.35. The number of halogens is 4. The van der Waals surface area contributed by atoms with Gasteiger partial charge in [0.1, 0.15) is 0 Å². The number of aryl methyl sites for hydroxylation is 2. The summed E-state index contributed by atoms with van der Waals surface area (Å²) in [5.41, 5.74) is 7.04. The minimum atomic E-state index is 0.545. The minimum absolute atomic E-state index is 0.545. The zero-order valence-electron chi connectivity index (χ0n) is 18.5. The molecule has 0 aliphatic carbocycles. The molecular formula is C28H20Cl4N2. The van der Waals surface area contributed by atoms with Crippen LogP contribution in [0, 0.1) is 13.8 Å². The molecule has 0 spiro atoms. The molecule has 0 saturated heterocycles. The molecular weight excluding hydrogens is 506 g/mol. The highest BCUT2D eigenvalue weighted by Crippen LogP contribution is 2.41. The van der Waals surface area contributed by atoms with E-state index >= 15 is 0 Å². The summed E-state index contributed by atoms with van der Waals surface area (Å²) in [5.74, 6) is 0. The Bertz CT molecular complexity index is 1270. The molecule has 0 aliphatic heterocycles. The van der Waals surface area contributed by atoms with Crippen molar-refractivity contribution >= 4 is 70.2 Å². The predicted octanol–water partition coefficient (Wildman–Crippen LogP) is 10.1. The first kappa shape index (κ1) is 24.5. The van der Waals surface area contributed by atoms with Gasteiger partial charge in [0.2, 0.25) is 0 Å². The smallest absolute Gasteiger partial charge is 0.0711 e. The first-order chi connectivity index (χ1) is 16.4. The van der Waals surface area contributed by atoms with Crippen LogP contribution in [0.5, 0.6) is 0 Å². The van der Waals surface area contributed by atoms with Gasteiger partial charge >= 0.3 is 0 Å². The normalized spacial score (nSPS) is 11.6. The van der Waals surface area contributed by atoms with Crippen LogP contribution in [0.25, 0.3) is 11.1 Å². The van der Waals surface area contributed by atoms with E-state index in [-0.39, 0.29) is 0 Å². The van der Waals surface area contributed by atoms with Crippen molar-refractivity contribution in [1.29, 1.82) is 0 Å². The molecule has 0 radical (unpaired) electrons. The van der Waals surface area contributed by atoms with Crippen molar-refractivity contribution in [2.24, 2.45) is 9.98 Å². The number of hydrogen-bond donors (Lipinski definition) is 0. The van der Waals surface area contributed by atoms with Gasteiger partial charge in [0.05, 0.1) is 31.5 Å². The van der Waals surface area contributed by atoms with E-state index in [0.717, 1.165) is 33.6 Å². The molecule has 4 rings (SSSR count). The van der Waals surface area contributed by atoms with E-state index in [1.807, 2.05) is 36.4 Å². The van der Waals surface area contributed by atoms with Crippen molar-refractivity contribution in [2.75, 3.05) is 0 Å². The van der Waals surface area contributed by atoms with Crippen molar-refractivity contribution in [2.45, 2.75) is 13.8 Å². The number of hydrogen-bond acceptors (Lipinski definition) is 2. The van der Waals surface area contributed by atoms with Gasteiger partial charge in [-0.1, -0.05) is 82.8 Å². The fourth-order valence-corrected chi connectivity index (χ4v) is 4.70. The fourth-order valence-electron chi connectivity index (χ4n) is 3.71. The topological polar surface area (TPSA) is 24.7 Å². The fraction of sp³-hybridized carbons (Fsp3) is 0.0714. The Morgan fingerprint density at radius 2 is 0.824 bits per heavy atom. The monoisotopic (exact) mass is 524 g/mol. The number of nitrogens with zero attached hydrogens (tertiary/aromatic N) is 2. The molecule has 0 aromatic heterocycles. The third-order valence-corrected chi connectivity index (χ3v) is 6.73. The number of aliphatic imine (C=N–C) groups is 2. The average molecular weight is 526 g/mol. The van der Waals surface area contributed by atoms with Gasteiger partial charge in [-0.25, -0.2) is 0 Å². The highest BCUT2D eigenvalue weighted by atomic mass is 35.5. The van der Waals surface area contributed by atoms with E-state index in [1.165, 1.54) is 0 Å². The van der Waals surface area contributed by atoms with Crippen LogP contribution in [-0.2, 0) is 0 Å². The Balaban J connectivity index is 1.85. The van der Waals surface area contributed by atoms with Crippen molar-refractivity contribution in [3.05, 3.63) is 115 Å². The Labute approximate surface area is 219 Å². The molecule has 0 unspecified atom stereocenters. The van der Waals surface area contributed by atoms with E-state index < -0.39 is 0 Å². The molecule has 34 heavy (non-hydrogen) atoms. The number of benzene rings is 4. The standard InChI is InChI=1S/C28H20Cl4N2/c1-17-7-3-13-25(33-15-19-21(29)9-5-10-22(19)30)27(17)28-18(2)8-4-14-26(28)34-16-20-23(31)11-6-12-24(20)32/h3-16H,1-2H3. The van der Waals surface area contributed by atoms with E-state index in [4.69, 9.17) is 56.4 Å². The second kappa shape index (κ2) is 10.8. The molecule has 4 aromatic rings. The Hall–Kier alpha value is -2.62. The van der Waals surface area contributed by atoms with Gasteiger partial charge in [0.25, 0.3) is 0 Å².